The van der Waals surface area contributed by atoms with Crippen LogP contribution >= 0.6 is 15.9 Å². The van der Waals surface area contributed by atoms with Crippen LogP contribution in [0.4, 0.5) is 4.79 Å². The number of ether oxygens (including phenoxy) is 1. The quantitative estimate of drug-likeness (QED) is 0.647. The monoisotopic (exact) mass is 456 g/mol. The van der Waals surface area contributed by atoms with E-state index < -0.39 is 11.6 Å². The maximum atomic E-state index is 13.0. The van der Waals surface area contributed by atoms with Crippen molar-refractivity contribution in [3.8, 4) is 11.8 Å². The summed E-state index contributed by atoms with van der Waals surface area (Å²) >= 11 is 3.38. The van der Waals surface area contributed by atoms with Crippen LogP contribution in [0.15, 0.2) is 53.0 Å². The summed E-state index contributed by atoms with van der Waals surface area (Å²) in [5, 5.41) is 11.7. The van der Waals surface area contributed by atoms with Gasteiger partial charge < -0.3 is 10.1 Å². The van der Waals surface area contributed by atoms with E-state index in [2.05, 4.69) is 21.2 Å². The lowest BCUT2D eigenvalue weighted by molar-refractivity contribution is -0.132. The fourth-order valence-electron chi connectivity index (χ4n) is 3.06. The molecule has 1 aliphatic rings. The fourth-order valence-corrected chi connectivity index (χ4v) is 3.33. The molecule has 2 aromatic carbocycles. The van der Waals surface area contributed by atoms with Gasteiger partial charge in [-0.05, 0) is 55.9 Å². The number of hydrogen-bond donors (Lipinski definition) is 1. The number of amides is 3. The van der Waals surface area contributed by atoms with Crippen molar-refractivity contribution in [2.75, 3.05) is 26.9 Å². The minimum absolute atomic E-state index is 0.153. The molecule has 0 saturated carbocycles. The Morgan fingerprint density at radius 2 is 1.83 bits per heavy atom. The normalized spacial score (nSPS) is 18.7. The highest BCUT2D eigenvalue weighted by Crippen LogP contribution is 2.29. The summed E-state index contributed by atoms with van der Waals surface area (Å²) in [5.41, 5.74) is -0.0186. The van der Waals surface area contributed by atoms with Gasteiger partial charge in [0.2, 0.25) is 0 Å². The highest BCUT2D eigenvalue weighted by Gasteiger charge is 2.49. The van der Waals surface area contributed by atoms with E-state index in [1.165, 1.54) is 4.90 Å². The van der Waals surface area contributed by atoms with Gasteiger partial charge in [0.15, 0.2) is 0 Å². The summed E-state index contributed by atoms with van der Waals surface area (Å²) < 4.78 is 6.67. The number of nitriles is 1. The number of imide groups is 1. The smallest absolute Gasteiger partial charge is 0.326 e. The lowest BCUT2D eigenvalue weighted by Crippen LogP contribution is -2.43. The first-order valence-corrected chi connectivity index (χ1v) is 9.84. The van der Waals surface area contributed by atoms with Gasteiger partial charge in [-0.15, -0.1) is 0 Å². The van der Waals surface area contributed by atoms with Crippen molar-refractivity contribution in [2.45, 2.75) is 12.5 Å². The van der Waals surface area contributed by atoms with Crippen LogP contribution in [0, 0.1) is 11.3 Å². The van der Waals surface area contributed by atoms with Gasteiger partial charge in [-0.3, -0.25) is 9.69 Å². The number of nitrogens with one attached hydrogen (secondary N) is 1. The number of halogens is 1. The molecule has 2 aromatic rings. The summed E-state index contributed by atoms with van der Waals surface area (Å²) in [6.07, 6.45) is 0. The molecule has 1 fully saturated rings. The van der Waals surface area contributed by atoms with Crippen molar-refractivity contribution in [3.05, 3.63) is 64.1 Å². The molecule has 3 rings (SSSR count). The van der Waals surface area contributed by atoms with E-state index in [9.17, 15) is 9.59 Å². The molecule has 29 heavy (non-hydrogen) atoms. The average molecular weight is 457 g/mol. The molecule has 3 amide bonds. The molecule has 0 aromatic heterocycles. The largest absolute Gasteiger partial charge is 0.492 e. The van der Waals surface area contributed by atoms with Gasteiger partial charge in [-0.1, -0.05) is 28.1 Å². The molecule has 1 aliphatic heterocycles. The second-order valence-corrected chi connectivity index (χ2v) is 7.92. The fraction of sp³-hybridized carbons (Fsp3) is 0.286. The van der Waals surface area contributed by atoms with Crippen LogP contribution in [0.5, 0.6) is 5.75 Å². The second kappa shape index (κ2) is 8.64. The molecule has 150 valence electrons. The van der Waals surface area contributed by atoms with Gasteiger partial charge in [-0.2, -0.15) is 5.26 Å². The molecular weight excluding hydrogens is 436 g/mol. The van der Waals surface area contributed by atoms with E-state index in [1.807, 2.05) is 42.3 Å². The van der Waals surface area contributed by atoms with Crippen molar-refractivity contribution in [3.63, 3.8) is 0 Å². The van der Waals surface area contributed by atoms with Crippen molar-refractivity contribution in [2.24, 2.45) is 0 Å². The van der Waals surface area contributed by atoms with Crippen molar-refractivity contribution in [1.29, 1.82) is 5.26 Å². The number of urea groups is 1. The lowest BCUT2D eigenvalue weighted by Gasteiger charge is -2.24. The SMILES string of the molecule is CN(CCOc1ccc(Br)cc1)CN1C(=O)NC(C)(c2ccc(C#N)cc2)C1=O. The van der Waals surface area contributed by atoms with Gasteiger partial charge in [-0.25, -0.2) is 9.69 Å². The van der Waals surface area contributed by atoms with Crippen LogP contribution in [0.2, 0.25) is 0 Å². The molecule has 0 radical (unpaired) electrons. The summed E-state index contributed by atoms with van der Waals surface area (Å²) in [7, 11) is 1.82. The average Bonchev–Trinajstić information content (AvgIpc) is 2.93. The van der Waals surface area contributed by atoms with E-state index >= 15 is 0 Å². The molecule has 1 N–H and O–H groups in total. The Balaban J connectivity index is 1.58. The molecule has 8 heteroatoms. The van der Waals surface area contributed by atoms with Gasteiger partial charge >= 0.3 is 6.03 Å². The molecule has 1 saturated heterocycles. The van der Waals surface area contributed by atoms with Crippen LogP contribution in [0.1, 0.15) is 18.1 Å². The number of carbonyl (C=O) groups is 2. The predicted molar refractivity (Wildman–Crippen MR) is 111 cm³/mol. The maximum absolute atomic E-state index is 13.0. The van der Waals surface area contributed by atoms with Gasteiger partial charge in [0.25, 0.3) is 5.91 Å². The Bertz CT molecular complexity index is 940. The van der Waals surface area contributed by atoms with Gasteiger partial charge in [0.05, 0.1) is 18.3 Å². The van der Waals surface area contributed by atoms with Crippen LogP contribution in [0.3, 0.4) is 0 Å². The summed E-state index contributed by atoms with van der Waals surface area (Å²) in [5.74, 6) is 0.429. The molecule has 0 aliphatic carbocycles. The number of nitrogens with zero attached hydrogens (tertiary/aromatic N) is 3. The molecule has 7 nitrogen and oxygen atoms in total. The number of benzene rings is 2. The Morgan fingerprint density at radius 3 is 2.45 bits per heavy atom. The molecule has 1 heterocycles. The van der Waals surface area contributed by atoms with Crippen LogP contribution in [0.25, 0.3) is 0 Å². The number of hydrogen-bond acceptors (Lipinski definition) is 5. The Morgan fingerprint density at radius 1 is 1.17 bits per heavy atom. The van der Waals surface area contributed by atoms with Crippen LogP contribution in [-0.4, -0.2) is 48.6 Å². The first-order chi connectivity index (χ1) is 13.8. The summed E-state index contributed by atoms with van der Waals surface area (Å²) in [4.78, 5) is 28.4. The molecular formula is C21H21BrN4O3. The first kappa shape index (κ1) is 20.8. The van der Waals surface area contributed by atoms with Crippen LogP contribution < -0.4 is 10.1 Å². The minimum Gasteiger partial charge on any atom is -0.492 e. The number of carbonyl (C=O) groups excluding carboxylic acids is 2. The first-order valence-electron chi connectivity index (χ1n) is 9.05. The minimum atomic E-state index is -1.15. The van der Waals surface area contributed by atoms with Crippen LogP contribution in [-0.2, 0) is 10.3 Å². The maximum Gasteiger partial charge on any atom is 0.326 e. The second-order valence-electron chi connectivity index (χ2n) is 7.00. The predicted octanol–water partition coefficient (Wildman–Crippen LogP) is 3.06. The summed E-state index contributed by atoms with van der Waals surface area (Å²) in [6, 6.07) is 15.8. The number of likely N-dealkylation sites (N-methyl/N-ethyl adjacent to an activating group) is 1. The molecule has 1 unspecified atom stereocenters. The Kier molecular flexibility index (Phi) is 6.20. The molecule has 0 spiro atoms. The Hall–Kier alpha value is -2.89. The highest BCUT2D eigenvalue weighted by molar-refractivity contribution is 9.10. The van der Waals surface area contributed by atoms with E-state index in [1.54, 1.807) is 31.2 Å². The van der Waals surface area contributed by atoms with Gasteiger partial charge in [0, 0.05) is 11.0 Å². The topological polar surface area (TPSA) is 85.7 Å². The van der Waals surface area contributed by atoms with E-state index in [0.717, 1.165) is 10.2 Å². The number of rotatable bonds is 7. The standard InChI is InChI=1S/C21H21BrN4O3/c1-21(16-5-3-15(13-23)4-6-16)19(27)26(20(28)24-21)14-25(2)11-12-29-18-9-7-17(22)8-10-18/h3-10H,11-12,14H2,1-2H3,(H,24,28). The van der Waals surface area contributed by atoms with E-state index in [-0.39, 0.29) is 12.6 Å². The van der Waals surface area contributed by atoms with Crippen molar-refractivity contribution >= 4 is 27.9 Å². The van der Waals surface area contributed by atoms with Crippen molar-refractivity contribution < 1.29 is 14.3 Å². The van der Waals surface area contributed by atoms with E-state index in [4.69, 9.17) is 10.00 Å². The molecule has 0 bridgehead atoms. The third-order valence-electron chi connectivity index (χ3n) is 4.80. The molecule has 1 atom stereocenters. The third-order valence-corrected chi connectivity index (χ3v) is 5.33. The van der Waals surface area contributed by atoms with Gasteiger partial charge in [0.1, 0.15) is 17.9 Å². The van der Waals surface area contributed by atoms with E-state index in [0.29, 0.717) is 24.3 Å². The summed E-state index contributed by atoms with van der Waals surface area (Å²) in [6.45, 7) is 2.79. The zero-order valence-corrected chi connectivity index (χ0v) is 17.8. The third kappa shape index (κ3) is 4.58. The zero-order valence-electron chi connectivity index (χ0n) is 16.2. The lowest BCUT2D eigenvalue weighted by atomic mass is 9.91. The zero-order chi connectivity index (χ0) is 21.0. The Labute approximate surface area is 178 Å². The highest BCUT2D eigenvalue weighted by atomic mass is 79.9. The van der Waals surface area contributed by atoms with Crippen molar-refractivity contribution in [1.82, 2.24) is 15.1 Å².